The number of aryl methyl sites for hydroxylation is 1. The van der Waals surface area contributed by atoms with Gasteiger partial charge >= 0.3 is 0 Å². The number of rotatable bonds is 3. The third kappa shape index (κ3) is 2.99. The lowest BCUT2D eigenvalue weighted by molar-refractivity contribution is 0.173. The maximum absolute atomic E-state index is 12.7. The molecule has 1 N–H and O–H groups in total. The van der Waals surface area contributed by atoms with Crippen molar-refractivity contribution in [3.8, 4) is 0 Å². The summed E-state index contributed by atoms with van der Waals surface area (Å²) in [4.78, 5) is 4.40. The Balaban J connectivity index is 1.59. The average molecular weight is 326 g/mol. The summed E-state index contributed by atoms with van der Waals surface area (Å²) < 4.78 is 12.7. The van der Waals surface area contributed by atoms with Gasteiger partial charge in [-0.25, -0.2) is 4.21 Å². The zero-order valence-electron chi connectivity index (χ0n) is 13.2. The third-order valence-corrected chi connectivity index (χ3v) is 6.31. The molecule has 4 heteroatoms. The van der Waals surface area contributed by atoms with Gasteiger partial charge in [-0.1, -0.05) is 24.3 Å². The van der Waals surface area contributed by atoms with Crippen molar-refractivity contribution in [3.63, 3.8) is 0 Å². The van der Waals surface area contributed by atoms with Gasteiger partial charge < -0.3 is 5.32 Å². The van der Waals surface area contributed by atoms with Crippen LogP contribution in [0.4, 0.5) is 0 Å². The van der Waals surface area contributed by atoms with E-state index in [1.807, 2.05) is 30.3 Å². The second-order valence-corrected chi connectivity index (χ2v) is 7.76. The van der Waals surface area contributed by atoms with Crippen LogP contribution in [0.5, 0.6) is 0 Å². The molecule has 0 saturated carbocycles. The highest BCUT2D eigenvalue weighted by molar-refractivity contribution is 7.85. The number of hydrogen-bond donors (Lipinski definition) is 1. The molecule has 1 aliphatic carbocycles. The summed E-state index contributed by atoms with van der Waals surface area (Å²) >= 11 is 0. The molecule has 1 heterocycles. The minimum Gasteiger partial charge on any atom is -0.314 e. The molecule has 1 aliphatic heterocycles. The van der Waals surface area contributed by atoms with E-state index in [0.717, 1.165) is 42.4 Å². The first kappa shape index (κ1) is 15.1. The smallest absolute Gasteiger partial charge is 0.0849 e. The van der Waals surface area contributed by atoms with Crippen LogP contribution in [0.3, 0.4) is 0 Å². The molecule has 3 nitrogen and oxygen atoms in total. The molecule has 1 fully saturated rings. The van der Waals surface area contributed by atoms with E-state index in [1.54, 1.807) is 0 Å². The number of hydrogen-bond acceptors (Lipinski definition) is 3. The fraction of sp³-hybridized carbons (Fsp3) is 0.368. The molecule has 0 radical (unpaired) electrons. The number of nitrogens with zero attached hydrogens (tertiary/aromatic N) is 1. The molecule has 0 bridgehead atoms. The monoisotopic (exact) mass is 326 g/mol. The number of nitrogens with one attached hydrogen (secondary N) is 1. The topological polar surface area (TPSA) is 32.3 Å². The molecule has 2 aromatic rings. The highest BCUT2D eigenvalue weighted by Gasteiger charge is 2.29. The van der Waals surface area contributed by atoms with Gasteiger partial charge in [0.1, 0.15) is 0 Å². The Hall–Kier alpha value is -1.49. The van der Waals surface area contributed by atoms with Gasteiger partial charge in [-0.2, -0.15) is 0 Å². The first-order valence-corrected chi connectivity index (χ1v) is 9.52. The first-order chi connectivity index (χ1) is 11.3. The second kappa shape index (κ2) is 6.56. The predicted octanol–water partition coefficient (Wildman–Crippen LogP) is 2.75. The SMILES string of the molecule is O=S(c1ccccc1)c1ccc2c(c1)CCC2N1CCNCC1. The third-order valence-electron chi connectivity index (χ3n) is 4.92. The van der Waals surface area contributed by atoms with Crippen molar-refractivity contribution in [2.45, 2.75) is 28.7 Å². The lowest BCUT2D eigenvalue weighted by atomic mass is 10.1. The molecule has 4 rings (SSSR count). The van der Waals surface area contributed by atoms with Gasteiger partial charge in [0.15, 0.2) is 0 Å². The van der Waals surface area contributed by atoms with E-state index >= 15 is 0 Å². The van der Waals surface area contributed by atoms with Gasteiger partial charge in [-0.05, 0) is 48.2 Å². The van der Waals surface area contributed by atoms with Crippen molar-refractivity contribution in [1.29, 1.82) is 0 Å². The van der Waals surface area contributed by atoms with Gasteiger partial charge in [0.05, 0.1) is 10.8 Å². The van der Waals surface area contributed by atoms with Crippen LogP contribution in [0.15, 0.2) is 58.3 Å². The van der Waals surface area contributed by atoms with E-state index in [4.69, 9.17) is 0 Å². The Bertz CT molecular complexity index is 711. The summed E-state index contributed by atoms with van der Waals surface area (Å²) in [6, 6.07) is 16.7. The van der Waals surface area contributed by atoms with E-state index in [2.05, 4.69) is 28.4 Å². The maximum atomic E-state index is 12.7. The lowest BCUT2D eigenvalue weighted by Crippen LogP contribution is -2.44. The molecule has 2 aliphatic rings. The predicted molar refractivity (Wildman–Crippen MR) is 93.1 cm³/mol. The van der Waals surface area contributed by atoms with Gasteiger partial charge in [-0.15, -0.1) is 0 Å². The zero-order valence-corrected chi connectivity index (χ0v) is 14.0. The van der Waals surface area contributed by atoms with Gasteiger partial charge in [0.2, 0.25) is 0 Å². The van der Waals surface area contributed by atoms with E-state index in [0.29, 0.717) is 6.04 Å². The molecule has 1 saturated heterocycles. The summed E-state index contributed by atoms with van der Waals surface area (Å²) in [6.07, 6.45) is 2.29. The Kier molecular flexibility index (Phi) is 4.29. The molecule has 23 heavy (non-hydrogen) atoms. The summed E-state index contributed by atoms with van der Waals surface area (Å²) in [7, 11) is -1.08. The van der Waals surface area contributed by atoms with Crippen molar-refractivity contribution in [2.24, 2.45) is 0 Å². The molecule has 2 atom stereocenters. The molecule has 0 spiro atoms. The van der Waals surface area contributed by atoms with Crippen LogP contribution in [-0.4, -0.2) is 35.3 Å². The lowest BCUT2D eigenvalue weighted by Gasteiger charge is -2.33. The fourth-order valence-electron chi connectivity index (χ4n) is 3.74. The van der Waals surface area contributed by atoms with Crippen LogP contribution >= 0.6 is 0 Å². The Morgan fingerprint density at radius 1 is 1.00 bits per heavy atom. The van der Waals surface area contributed by atoms with E-state index in [9.17, 15) is 4.21 Å². The summed E-state index contributed by atoms with van der Waals surface area (Å²) in [6.45, 7) is 4.42. The highest BCUT2D eigenvalue weighted by atomic mass is 32.2. The van der Waals surface area contributed by atoms with Crippen molar-refractivity contribution in [2.75, 3.05) is 26.2 Å². The van der Waals surface area contributed by atoms with Crippen molar-refractivity contribution in [1.82, 2.24) is 10.2 Å². The molecular formula is C19H22N2OS. The molecule has 2 aromatic carbocycles. The largest absolute Gasteiger partial charge is 0.314 e. The van der Waals surface area contributed by atoms with Crippen LogP contribution < -0.4 is 5.32 Å². The van der Waals surface area contributed by atoms with E-state index in [1.165, 1.54) is 17.5 Å². The van der Waals surface area contributed by atoms with Gasteiger partial charge in [0, 0.05) is 42.0 Å². The normalized spacial score (nSPS) is 22.7. The quantitative estimate of drug-likeness (QED) is 0.941. The van der Waals surface area contributed by atoms with Crippen LogP contribution in [0.25, 0.3) is 0 Å². The Labute approximate surface area is 140 Å². The first-order valence-electron chi connectivity index (χ1n) is 8.37. The number of benzene rings is 2. The Morgan fingerprint density at radius 3 is 2.57 bits per heavy atom. The zero-order chi connectivity index (χ0) is 15.6. The summed E-state index contributed by atoms with van der Waals surface area (Å²) in [5, 5.41) is 3.42. The summed E-state index contributed by atoms with van der Waals surface area (Å²) in [5.74, 6) is 0. The Morgan fingerprint density at radius 2 is 1.78 bits per heavy atom. The van der Waals surface area contributed by atoms with Crippen molar-refractivity contribution >= 4 is 10.8 Å². The molecule has 2 unspecified atom stereocenters. The average Bonchev–Trinajstić information content (AvgIpc) is 3.06. The van der Waals surface area contributed by atoms with Crippen molar-refractivity contribution < 1.29 is 4.21 Å². The molecule has 0 aromatic heterocycles. The van der Waals surface area contributed by atoms with Crippen LogP contribution in [0, 0.1) is 0 Å². The van der Waals surface area contributed by atoms with Gasteiger partial charge in [-0.3, -0.25) is 4.90 Å². The fourth-order valence-corrected chi connectivity index (χ4v) is 4.86. The standard InChI is InChI=1S/C19H22N2OS/c22-23(16-4-2-1-3-5-16)17-7-8-18-15(14-17)6-9-19(18)21-12-10-20-11-13-21/h1-5,7-8,14,19-20H,6,9-13H2. The maximum Gasteiger partial charge on any atom is 0.0849 e. The van der Waals surface area contributed by atoms with E-state index < -0.39 is 10.8 Å². The molecule has 0 amide bonds. The number of piperazine rings is 1. The summed E-state index contributed by atoms with van der Waals surface area (Å²) in [5.41, 5.74) is 2.83. The van der Waals surface area contributed by atoms with Crippen molar-refractivity contribution in [3.05, 3.63) is 59.7 Å². The van der Waals surface area contributed by atoms with Crippen LogP contribution in [0.2, 0.25) is 0 Å². The van der Waals surface area contributed by atoms with Crippen LogP contribution in [0.1, 0.15) is 23.6 Å². The number of fused-ring (bicyclic) bond motifs is 1. The highest BCUT2D eigenvalue weighted by Crippen LogP contribution is 2.37. The molecular weight excluding hydrogens is 304 g/mol. The second-order valence-electron chi connectivity index (χ2n) is 6.28. The van der Waals surface area contributed by atoms with E-state index in [-0.39, 0.29) is 0 Å². The van der Waals surface area contributed by atoms with Crippen LogP contribution in [-0.2, 0) is 17.2 Å². The van der Waals surface area contributed by atoms with Gasteiger partial charge in [0.25, 0.3) is 0 Å². The minimum atomic E-state index is -1.08. The minimum absolute atomic E-state index is 0.548. The molecule has 120 valence electrons.